The molecule has 0 atom stereocenters. The van der Waals surface area contributed by atoms with Gasteiger partial charge in [0.2, 0.25) is 5.91 Å². The first-order valence-electron chi connectivity index (χ1n) is 8.03. The maximum atomic E-state index is 12.3. The van der Waals surface area contributed by atoms with Gasteiger partial charge in [-0.1, -0.05) is 6.07 Å². The second kappa shape index (κ2) is 7.82. The van der Waals surface area contributed by atoms with Crippen LogP contribution in [0.25, 0.3) is 0 Å². The summed E-state index contributed by atoms with van der Waals surface area (Å²) in [5, 5.41) is 4.11. The molecule has 2 aromatic heterocycles. The van der Waals surface area contributed by atoms with Crippen molar-refractivity contribution in [3.63, 3.8) is 0 Å². The van der Waals surface area contributed by atoms with Gasteiger partial charge in [0.15, 0.2) is 0 Å². The third kappa shape index (κ3) is 4.59. The Morgan fingerprint density at radius 1 is 1.13 bits per heavy atom. The molecule has 1 aliphatic rings. The highest BCUT2D eigenvalue weighted by atomic mass is 16.2. The molecule has 0 aromatic carbocycles. The van der Waals surface area contributed by atoms with Gasteiger partial charge in [-0.2, -0.15) is 5.10 Å². The van der Waals surface area contributed by atoms with Gasteiger partial charge in [-0.3, -0.25) is 19.4 Å². The Kier molecular flexibility index (Phi) is 5.31. The Morgan fingerprint density at radius 2 is 2.00 bits per heavy atom. The smallest absolute Gasteiger partial charge is 0.222 e. The summed E-state index contributed by atoms with van der Waals surface area (Å²) in [6.07, 6.45) is 8.19. The van der Waals surface area contributed by atoms with Crippen molar-refractivity contribution in [1.29, 1.82) is 0 Å². The van der Waals surface area contributed by atoms with Crippen LogP contribution in [0.2, 0.25) is 0 Å². The van der Waals surface area contributed by atoms with Crippen LogP contribution in [0.5, 0.6) is 0 Å². The van der Waals surface area contributed by atoms with Crippen LogP contribution in [0.3, 0.4) is 0 Å². The fourth-order valence-electron chi connectivity index (χ4n) is 2.77. The topological polar surface area (TPSA) is 67.2 Å². The fourth-order valence-corrected chi connectivity index (χ4v) is 2.77. The van der Waals surface area contributed by atoms with E-state index in [1.807, 2.05) is 27.9 Å². The Hall–Kier alpha value is -2.28. The minimum Gasteiger partial charge on any atom is -0.340 e. The number of hydrogen-bond acceptors (Lipinski definition) is 5. The molecule has 23 heavy (non-hydrogen) atoms. The van der Waals surface area contributed by atoms with E-state index < -0.39 is 0 Å². The zero-order chi connectivity index (χ0) is 15.9. The summed E-state index contributed by atoms with van der Waals surface area (Å²) in [5.74, 6) is 0.241. The number of piperazine rings is 1. The van der Waals surface area contributed by atoms with Gasteiger partial charge in [-0.15, -0.1) is 0 Å². The lowest BCUT2D eigenvalue weighted by Gasteiger charge is -2.34. The number of pyridine rings is 1. The number of nitrogens with zero attached hydrogens (tertiary/aromatic N) is 6. The molecule has 3 heterocycles. The van der Waals surface area contributed by atoms with Crippen molar-refractivity contribution in [3.05, 3.63) is 42.7 Å². The summed E-state index contributed by atoms with van der Waals surface area (Å²) < 4.78 is 1.84. The minimum atomic E-state index is 0.241. The van der Waals surface area contributed by atoms with E-state index in [0.717, 1.165) is 51.3 Å². The first kappa shape index (κ1) is 15.6. The monoisotopic (exact) mass is 314 g/mol. The molecule has 122 valence electrons. The van der Waals surface area contributed by atoms with Gasteiger partial charge in [0.25, 0.3) is 0 Å². The van der Waals surface area contributed by atoms with Crippen molar-refractivity contribution in [2.45, 2.75) is 19.4 Å². The van der Waals surface area contributed by atoms with Gasteiger partial charge in [0.1, 0.15) is 12.7 Å². The van der Waals surface area contributed by atoms with Gasteiger partial charge in [0.05, 0.1) is 6.54 Å². The molecule has 1 aliphatic heterocycles. The normalized spacial score (nSPS) is 15.7. The Labute approximate surface area is 135 Å². The van der Waals surface area contributed by atoms with Crippen LogP contribution in [0, 0.1) is 0 Å². The standard InChI is InChI=1S/C16H22N6O/c23-16(4-3-15-2-1-5-17-12-15)21-9-6-20(7-10-21)8-11-22-14-18-13-19-22/h1-2,5,12-14H,3-4,6-11H2. The van der Waals surface area contributed by atoms with Crippen LogP contribution in [-0.4, -0.2) is 68.2 Å². The van der Waals surface area contributed by atoms with E-state index in [0.29, 0.717) is 6.42 Å². The molecule has 7 heteroatoms. The molecule has 0 N–H and O–H groups in total. The molecule has 0 aliphatic carbocycles. The number of aryl methyl sites for hydroxylation is 1. The maximum absolute atomic E-state index is 12.3. The van der Waals surface area contributed by atoms with Crippen LogP contribution in [0.4, 0.5) is 0 Å². The van der Waals surface area contributed by atoms with E-state index in [4.69, 9.17) is 0 Å². The van der Waals surface area contributed by atoms with Gasteiger partial charge in [-0.05, 0) is 18.1 Å². The van der Waals surface area contributed by atoms with E-state index in [-0.39, 0.29) is 5.91 Å². The molecule has 0 radical (unpaired) electrons. The zero-order valence-electron chi connectivity index (χ0n) is 13.2. The Balaban J connectivity index is 1.37. The maximum Gasteiger partial charge on any atom is 0.222 e. The number of aromatic nitrogens is 4. The first-order chi connectivity index (χ1) is 11.3. The van der Waals surface area contributed by atoms with Crippen molar-refractivity contribution < 1.29 is 4.79 Å². The number of carbonyl (C=O) groups is 1. The summed E-state index contributed by atoms with van der Waals surface area (Å²) in [7, 11) is 0. The highest BCUT2D eigenvalue weighted by Gasteiger charge is 2.20. The molecule has 1 fully saturated rings. The SMILES string of the molecule is O=C(CCc1cccnc1)N1CCN(CCn2cncn2)CC1. The Bertz CT molecular complexity index is 592. The molecule has 7 nitrogen and oxygen atoms in total. The van der Waals surface area contributed by atoms with E-state index >= 15 is 0 Å². The number of carbonyl (C=O) groups excluding carboxylic acids is 1. The number of rotatable bonds is 6. The fraction of sp³-hybridized carbons (Fsp3) is 0.500. The van der Waals surface area contributed by atoms with Crippen LogP contribution < -0.4 is 0 Å². The summed E-state index contributed by atoms with van der Waals surface area (Å²) >= 11 is 0. The lowest BCUT2D eigenvalue weighted by molar-refractivity contribution is -0.132. The molecule has 0 unspecified atom stereocenters. The molecule has 0 bridgehead atoms. The number of amides is 1. The third-order valence-corrected chi connectivity index (χ3v) is 4.19. The van der Waals surface area contributed by atoms with Gasteiger partial charge in [-0.25, -0.2) is 4.98 Å². The summed E-state index contributed by atoms with van der Waals surface area (Å²) in [6.45, 7) is 5.25. The molecule has 1 amide bonds. The predicted octanol–water partition coefficient (Wildman–Crippen LogP) is 0.450. The largest absolute Gasteiger partial charge is 0.340 e. The van der Waals surface area contributed by atoms with E-state index in [1.54, 1.807) is 18.9 Å². The van der Waals surface area contributed by atoms with Crippen molar-refractivity contribution in [1.82, 2.24) is 29.5 Å². The predicted molar refractivity (Wildman–Crippen MR) is 85.6 cm³/mol. The second-order valence-electron chi connectivity index (χ2n) is 5.74. The lowest BCUT2D eigenvalue weighted by atomic mass is 10.1. The zero-order valence-corrected chi connectivity index (χ0v) is 13.2. The molecule has 0 spiro atoms. The van der Waals surface area contributed by atoms with Crippen LogP contribution in [0.15, 0.2) is 37.2 Å². The lowest BCUT2D eigenvalue weighted by Crippen LogP contribution is -2.49. The Morgan fingerprint density at radius 3 is 2.70 bits per heavy atom. The minimum absolute atomic E-state index is 0.241. The van der Waals surface area contributed by atoms with Gasteiger partial charge < -0.3 is 4.90 Å². The average molecular weight is 314 g/mol. The highest BCUT2D eigenvalue weighted by molar-refractivity contribution is 5.76. The summed E-state index contributed by atoms with van der Waals surface area (Å²) in [6, 6.07) is 3.93. The molecular weight excluding hydrogens is 292 g/mol. The van der Waals surface area contributed by atoms with E-state index in [1.165, 1.54) is 0 Å². The quantitative estimate of drug-likeness (QED) is 0.774. The molecule has 3 rings (SSSR count). The van der Waals surface area contributed by atoms with Crippen LogP contribution in [-0.2, 0) is 17.8 Å². The van der Waals surface area contributed by atoms with Crippen LogP contribution in [0.1, 0.15) is 12.0 Å². The third-order valence-electron chi connectivity index (χ3n) is 4.19. The van der Waals surface area contributed by atoms with Gasteiger partial charge >= 0.3 is 0 Å². The number of hydrogen-bond donors (Lipinski definition) is 0. The van der Waals surface area contributed by atoms with E-state index in [2.05, 4.69) is 20.0 Å². The van der Waals surface area contributed by atoms with E-state index in [9.17, 15) is 4.79 Å². The summed E-state index contributed by atoms with van der Waals surface area (Å²) in [4.78, 5) is 24.7. The highest BCUT2D eigenvalue weighted by Crippen LogP contribution is 2.07. The molecule has 1 saturated heterocycles. The average Bonchev–Trinajstić information content (AvgIpc) is 3.13. The van der Waals surface area contributed by atoms with Crippen molar-refractivity contribution in [3.8, 4) is 0 Å². The van der Waals surface area contributed by atoms with Crippen LogP contribution >= 0.6 is 0 Å². The van der Waals surface area contributed by atoms with Crippen molar-refractivity contribution in [2.24, 2.45) is 0 Å². The van der Waals surface area contributed by atoms with Gasteiger partial charge in [0, 0.05) is 51.5 Å². The second-order valence-corrected chi connectivity index (χ2v) is 5.74. The molecule has 2 aromatic rings. The molecule has 0 saturated carbocycles. The summed E-state index contributed by atoms with van der Waals surface area (Å²) in [5.41, 5.74) is 1.12. The van der Waals surface area contributed by atoms with Crippen molar-refractivity contribution >= 4 is 5.91 Å². The van der Waals surface area contributed by atoms with Crippen molar-refractivity contribution in [2.75, 3.05) is 32.7 Å². The first-order valence-corrected chi connectivity index (χ1v) is 8.03. The molecular formula is C16H22N6O.